The molecule has 4 N–H and O–H groups in total. The number of hydrogen-bond donors (Lipinski definition) is 3. The molecule has 0 aromatic carbocycles. The zero-order valence-electron chi connectivity index (χ0n) is 4.94. The van der Waals surface area contributed by atoms with Gasteiger partial charge in [0.2, 0.25) is 0 Å². The summed E-state index contributed by atoms with van der Waals surface area (Å²) in [6, 6.07) is 0. The molecular weight excluding hydrogens is 102 g/mol. The average Bonchev–Trinajstić information content (AvgIpc) is 1.66. The molecule has 46 valence electrons. The van der Waals surface area contributed by atoms with Crippen LogP contribution in [0, 0.1) is 5.41 Å². The second-order valence-electron chi connectivity index (χ2n) is 1.37. The minimum Gasteiger partial charge on any atom is -0.370 e. The Kier molecular flexibility index (Phi) is 3.66. The molecule has 0 fully saturated rings. The molecule has 0 heterocycles. The molecular formula is C5H11N3. The summed E-state index contributed by atoms with van der Waals surface area (Å²) in [6.45, 7) is 2.01. The van der Waals surface area contributed by atoms with Crippen LogP contribution in [-0.4, -0.2) is 5.96 Å². The highest BCUT2D eigenvalue weighted by Gasteiger charge is 1.73. The number of hydrogen-bond acceptors (Lipinski definition) is 1. The summed E-state index contributed by atoms with van der Waals surface area (Å²) in [6.07, 6.45) is 4.50. The fraction of sp³-hybridized carbons (Fsp3) is 0.400. The fourth-order valence-corrected chi connectivity index (χ4v) is 0.267. The maximum Gasteiger partial charge on any atom is 0.189 e. The van der Waals surface area contributed by atoms with Crippen molar-refractivity contribution in [1.29, 1.82) is 5.41 Å². The number of guanidine groups is 1. The van der Waals surface area contributed by atoms with Gasteiger partial charge in [-0.2, -0.15) is 0 Å². The third-order valence-corrected chi connectivity index (χ3v) is 0.592. The maximum atomic E-state index is 6.69. The highest BCUT2D eigenvalue weighted by molar-refractivity contribution is 5.75. The van der Waals surface area contributed by atoms with Gasteiger partial charge in [0.1, 0.15) is 0 Å². The topological polar surface area (TPSA) is 61.9 Å². The monoisotopic (exact) mass is 113 g/mol. The van der Waals surface area contributed by atoms with Crippen LogP contribution in [0.15, 0.2) is 12.3 Å². The van der Waals surface area contributed by atoms with E-state index >= 15 is 0 Å². The van der Waals surface area contributed by atoms with Crippen LogP contribution in [0.3, 0.4) is 0 Å². The van der Waals surface area contributed by atoms with Crippen molar-refractivity contribution >= 4 is 5.96 Å². The van der Waals surface area contributed by atoms with Crippen LogP contribution in [-0.2, 0) is 0 Å². The summed E-state index contributed by atoms with van der Waals surface area (Å²) < 4.78 is 0. The third-order valence-electron chi connectivity index (χ3n) is 0.592. The van der Waals surface area contributed by atoms with Crippen molar-refractivity contribution in [3.8, 4) is 0 Å². The van der Waals surface area contributed by atoms with E-state index in [9.17, 15) is 0 Å². The SMILES string of the molecule is CCC=CNC(=N)N. The van der Waals surface area contributed by atoms with Crippen LogP contribution >= 0.6 is 0 Å². The van der Waals surface area contributed by atoms with Gasteiger partial charge in [0.25, 0.3) is 0 Å². The second kappa shape index (κ2) is 4.18. The molecule has 0 aliphatic rings. The Morgan fingerprint density at radius 1 is 1.88 bits per heavy atom. The predicted octanol–water partition coefficient (Wildman–Crippen LogP) is 0.393. The lowest BCUT2D eigenvalue weighted by molar-refractivity contribution is 1.14. The van der Waals surface area contributed by atoms with E-state index in [4.69, 9.17) is 11.1 Å². The summed E-state index contributed by atoms with van der Waals surface area (Å²) in [5, 5.41) is 9.22. The summed E-state index contributed by atoms with van der Waals surface area (Å²) in [5.41, 5.74) is 4.95. The van der Waals surface area contributed by atoms with Crippen LogP contribution < -0.4 is 11.1 Å². The Morgan fingerprint density at radius 2 is 2.50 bits per heavy atom. The lowest BCUT2D eigenvalue weighted by Crippen LogP contribution is -2.24. The Labute approximate surface area is 49.1 Å². The van der Waals surface area contributed by atoms with E-state index in [0.29, 0.717) is 0 Å². The third kappa shape index (κ3) is 5.01. The molecule has 0 saturated heterocycles. The quantitative estimate of drug-likeness (QED) is 0.358. The molecule has 0 aromatic rings. The minimum atomic E-state index is -0.0188. The smallest absolute Gasteiger partial charge is 0.189 e. The van der Waals surface area contributed by atoms with Crippen molar-refractivity contribution in [2.45, 2.75) is 13.3 Å². The van der Waals surface area contributed by atoms with Gasteiger partial charge in [-0.15, -0.1) is 0 Å². The second-order valence-corrected chi connectivity index (χ2v) is 1.37. The van der Waals surface area contributed by atoms with Crippen molar-refractivity contribution in [1.82, 2.24) is 5.32 Å². The van der Waals surface area contributed by atoms with Crippen LogP contribution in [0.2, 0.25) is 0 Å². The standard InChI is InChI=1S/C5H11N3/c1-2-3-4-8-5(6)7/h3-4H,2H2,1H3,(H4,6,7,8). The van der Waals surface area contributed by atoms with E-state index < -0.39 is 0 Å². The molecule has 0 bridgehead atoms. The summed E-state index contributed by atoms with van der Waals surface area (Å²) in [7, 11) is 0. The molecule has 0 amide bonds. The molecule has 0 aliphatic heterocycles. The van der Waals surface area contributed by atoms with Crippen molar-refractivity contribution in [3.05, 3.63) is 12.3 Å². The fourth-order valence-electron chi connectivity index (χ4n) is 0.267. The first-order valence-electron chi connectivity index (χ1n) is 2.53. The van der Waals surface area contributed by atoms with Crippen LogP contribution in [0.5, 0.6) is 0 Å². The van der Waals surface area contributed by atoms with Gasteiger partial charge in [-0.25, -0.2) is 0 Å². The molecule has 0 saturated carbocycles. The minimum absolute atomic E-state index is 0.0188. The van der Waals surface area contributed by atoms with E-state index in [1.54, 1.807) is 6.20 Å². The molecule has 0 aliphatic carbocycles. The zero-order chi connectivity index (χ0) is 6.41. The highest BCUT2D eigenvalue weighted by Crippen LogP contribution is 1.73. The first kappa shape index (κ1) is 7.01. The number of nitrogens with two attached hydrogens (primary N) is 1. The molecule has 0 radical (unpaired) electrons. The van der Waals surface area contributed by atoms with Crippen LogP contribution in [0.4, 0.5) is 0 Å². The van der Waals surface area contributed by atoms with Gasteiger partial charge in [-0.05, 0) is 12.6 Å². The molecule has 0 unspecified atom stereocenters. The van der Waals surface area contributed by atoms with Crippen molar-refractivity contribution < 1.29 is 0 Å². The van der Waals surface area contributed by atoms with Crippen molar-refractivity contribution in [2.24, 2.45) is 5.73 Å². The van der Waals surface area contributed by atoms with Gasteiger partial charge < -0.3 is 11.1 Å². The number of allylic oxidation sites excluding steroid dienone is 1. The largest absolute Gasteiger partial charge is 0.370 e. The number of rotatable bonds is 2. The summed E-state index contributed by atoms with van der Waals surface area (Å²) in [5.74, 6) is -0.0188. The Bertz CT molecular complexity index is 95.8. The van der Waals surface area contributed by atoms with E-state index in [2.05, 4.69) is 5.32 Å². The van der Waals surface area contributed by atoms with Crippen LogP contribution in [0.1, 0.15) is 13.3 Å². The summed E-state index contributed by atoms with van der Waals surface area (Å²) >= 11 is 0. The maximum absolute atomic E-state index is 6.69. The summed E-state index contributed by atoms with van der Waals surface area (Å²) in [4.78, 5) is 0. The molecule has 0 spiro atoms. The van der Waals surface area contributed by atoms with E-state index in [-0.39, 0.29) is 5.96 Å². The molecule has 8 heavy (non-hydrogen) atoms. The normalized spacial score (nSPS) is 9.62. The van der Waals surface area contributed by atoms with E-state index in [0.717, 1.165) is 6.42 Å². The van der Waals surface area contributed by atoms with E-state index in [1.807, 2.05) is 13.0 Å². The molecule has 3 heteroatoms. The molecule has 0 rings (SSSR count). The van der Waals surface area contributed by atoms with E-state index in [1.165, 1.54) is 0 Å². The Morgan fingerprint density at radius 3 is 2.88 bits per heavy atom. The predicted molar refractivity (Wildman–Crippen MR) is 34.5 cm³/mol. The van der Waals surface area contributed by atoms with Gasteiger partial charge in [-0.1, -0.05) is 13.0 Å². The van der Waals surface area contributed by atoms with Gasteiger partial charge >= 0.3 is 0 Å². The lowest BCUT2D eigenvalue weighted by Gasteiger charge is -1.90. The first-order valence-corrected chi connectivity index (χ1v) is 2.53. The highest BCUT2D eigenvalue weighted by atomic mass is 15.0. The average molecular weight is 113 g/mol. The Balaban J connectivity index is 3.16. The number of nitrogens with one attached hydrogen (secondary N) is 2. The lowest BCUT2D eigenvalue weighted by atomic mass is 10.5. The molecule has 0 atom stereocenters. The van der Waals surface area contributed by atoms with Crippen molar-refractivity contribution in [3.63, 3.8) is 0 Å². The zero-order valence-corrected chi connectivity index (χ0v) is 4.94. The molecule has 0 aromatic heterocycles. The van der Waals surface area contributed by atoms with Gasteiger partial charge in [0.15, 0.2) is 5.96 Å². The molecule has 3 nitrogen and oxygen atoms in total. The van der Waals surface area contributed by atoms with Gasteiger partial charge in [0.05, 0.1) is 0 Å². The van der Waals surface area contributed by atoms with Gasteiger partial charge in [0, 0.05) is 0 Å². The van der Waals surface area contributed by atoms with Gasteiger partial charge in [-0.3, -0.25) is 5.41 Å². The van der Waals surface area contributed by atoms with Crippen LogP contribution in [0.25, 0.3) is 0 Å². The van der Waals surface area contributed by atoms with Crippen molar-refractivity contribution in [2.75, 3.05) is 0 Å². The first-order chi connectivity index (χ1) is 3.77. The Hall–Kier alpha value is -0.990.